The van der Waals surface area contributed by atoms with Crippen molar-refractivity contribution in [1.29, 1.82) is 0 Å². The molecule has 2 N–H and O–H groups in total. The molecule has 0 aromatic carbocycles. The number of nitrogens with zero attached hydrogens (tertiary/aromatic N) is 2. The number of carboxylic acids is 1. The maximum absolute atomic E-state index is 12.2. The third-order valence-electron chi connectivity index (χ3n) is 2.94. The normalized spacial score (nSPS) is 12.2. The lowest BCUT2D eigenvalue weighted by atomic mass is 10.2. The van der Waals surface area contributed by atoms with Crippen molar-refractivity contribution >= 4 is 23.6 Å². The Balaban J connectivity index is 2.82. The van der Waals surface area contributed by atoms with Crippen LogP contribution in [0.25, 0.3) is 0 Å². The summed E-state index contributed by atoms with van der Waals surface area (Å²) in [5.41, 5.74) is 1.24. The van der Waals surface area contributed by atoms with E-state index in [1.54, 1.807) is 22.5 Å². The fourth-order valence-electron chi connectivity index (χ4n) is 1.79. The van der Waals surface area contributed by atoms with Gasteiger partial charge in [0.2, 0.25) is 0 Å². The van der Waals surface area contributed by atoms with E-state index in [9.17, 15) is 9.59 Å². The van der Waals surface area contributed by atoms with Crippen LogP contribution in [-0.4, -0.2) is 44.8 Å². The molecule has 20 heavy (non-hydrogen) atoms. The molecule has 0 fully saturated rings. The summed E-state index contributed by atoms with van der Waals surface area (Å²) in [4.78, 5) is 23.3. The molecule has 1 amide bonds. The molecule has 0 aliphatic heterocycles. The van der Waals surface area contributed by atoms with Gasteiger partial charge in [0.1, 0.15) is 11.7 Å². The van der Waals surface area contributed by atoms with Gasteiger partial charge in [0.05, 0.1) is 5.69 Å². The average Bonchev–Trinajstić information content (AvgIpc) is 2.86. The van der Waals surface area contributed by atoms with Crippen molar-refractivity contribution in [1.82, 2.24) is 15.1 Å². The van der Waals surface area contributed by atoms with Gasteiger partial charge < -0.3 is 10.4 Å². The van der Waals surface area contributed by atoms with Gasteiger partial charge in [-0.2, -0.15) is 16.9 Å². The number of carbonyl (C=O) groups is 2. The molecular formula is C13H21N3O3S. The van der Waals surface area contributed by atoms with Crippen molar-refractivity contribution in [3.05, 3.63) is 17.5 Å². The van der Waals surface area contributed by atoms with Gasteiger partial charge in [-0.05, 0) is 37.8 Å². The number of aliphatic carboxylic acids is 1. The number of aromatic nitrogens is 2. The highest BCUT2D eigenvalue weighted by molar-refractivity contribution is 7.98. The maximum Gasteiger partial charge on any atom is 0.326 e. The molecule has 0 saturated heterocycles. The fourth-order valence-corrected chi connectivity index (χ4v) is 2.26. The summed E-state index contributed by atoms with van der Waals surface area (Å²) in [5.74, 6) is -0.706. The van der Waals surface area contributed by atoms with Gasteiger partial charge in [-0.3, -0.25) is 9.48 Å². The Morgan fingerprint density at radius 1 is 1.50 bits per heavy atom. The quantitative estimate of drug-likeness (QED) is 0.758. The van der Waals surface area contributed by atoms with Crippen LogP contribution >= 0.6 is 11.8 Å². The summed E-state index contributed by atoms with van der Waals surface area (Å²) in [6.45, 7) is 4.43. The third kappa shape index (κ3) is 4.26. The van der Waals surface area contributed by atoms with E-state index >= 15 is 0 Å². The molecule has 0 aliphatic carbocycles. The Hall–Kier alpha value is -1.50. The van der Waals surface area contributed by atoms with Crippen LogP contribution in [0.1, 0.15) is 36.5 Å². The van der Waals surface area contributed by atoms with E-state index in [1.807, 2.05) is 20.1 Å². The lowest BCUT2D eigenvalue weighted by molar-refractivity contribution is -0.139. The Morgan fingerprint density at radius 3 is 2.70 bits per heavy atom. The summed E-state index contributed by atoms with van der Waals surface area (Å²) >= 11 is 1.55. The van der Waals surface area contributed by atoms with Crippen molar-refractivity contribution in [3.8, 4) is 0 Å². The lowest BCUT2D eigenvalue weighted by Crippen LogP contribution is -2.41. The van der Waals surface area contributed by atoms with Gasteiger partial charge in [0.15, 0.2) is 0 Å². The highest BCUT2D eigenvalue weighted by Crippen LogP contribution is 2.07. The first-order valence-corrected chi connectivity index (χ1v) is 8.02. The van der Waals surface area contributed by atoms with Crippen LogP contribution in [0, 0.1) is 0 Å². The van der Waals surface area contributed by atoms with Crippen LogP contribution in [0.4, 0.5) is 0 Å². The molecule has 0 saturated carbocycles. The molecule has 0 aliphatic rings. The smallest absolute Gasteiger partial charge is 0.326 e. The van der Waals surface area contributed by atoms with E-state index in [-0.39, 0.29) is 5.91 Å². The van der Waals surface area contributed by atoms with Crippen molar-refractivity contribution in [2.45, 2.75) is 39.3 Å². The molecule has 7 heteroatoms. The minimum Gasteiger partial charge on any atom is -0.480 e. The fraction of sp³-hybridized carbons (Fsp3) is 0.615. The van der Waals surface area contributed by atoms with Crippen molar-refractivity contribution in [2.75, 3.05) is 12.0 Å². The maximum atomic E-state index is 12.2. The van der Waals surface area contributed by atoms with Gasteiger partial charge in [-0.1, -0.05) is 6.92 Å². The number of aryl methyl sites for hydroxylation is 2. The number of hydrogen-bond acceptors (Lipinski definition) is 4. The summed E-state index contributed by atoms with van der Waals surface area (Å²) in [6.07, 6.45) is 3.05. The Morgan fingerprint density at radius 2 is 2.20 bits per heavy atom. The highest BCUT2D eigenvalue weighted by Gasteiger charge is 2.22. The number of carboxylic acid groups (broad SMARTS) is 1. The zero-order valence-corrected chi connectivity index (χ0v) is 12.9. The summed E-state index contributed by atoms with van der Waals surface area (Å²) in [5, 5.41) is 16.0. The zero-order valence-electron chi connectivity index (χ0n) is 12.0. The first-order valence-electron chi connectivity index (χ1n) is 6.62. The van der Waals surface area contributed by atoms with Crippen LogP contribution < -0.4 is 5.32 Å². The van der Waals surface area contributed by atoms with E-state index < -0.39 is 12.0 Å². The van der Waals surface area contributed by atoms with E-state index in [0.717, 1.165) is 12.1 Å². The first-order chi connectivity index (χ1) is 9.53. The van der Waals surface area contributed by atoms with E-state index in [0.29, 0.717) is 24.4 Å². The Labute approximate surface area is 122 Å². The van der Waals surface area contributed by atoms with Gasteiger partial charge in [0, 0.05) is 6.54 Å². The zero-order chi connectivity index (χ0) is 15.1. The second-order valence-corrected chi connectivity index (χ2v) is 5.32. The van der Waals surface area contributed by atoms with Crippen molar-refractivity contribution < 1.29 is 14.7 Å². The monoisotopic (exact) mass is 299 g/mol. The Kier molecular flexibility index (Phi) is 6.57. The van der Waals surface area contributed by atoms with Gasteiger partial charge in [0.25, 0.3) is 5.91 Å². The van der Waals surface area contributed by atoms with Crippen LogP contribution in [-0.2, 0) is 17.8 Å². The number of rotatable bonds is 8. The van der Waals surface area contributed by atoms with Gasteiger partial charge >= 0.3 is 5.97 Å². The van der Waals surface area contributed by atoms with Crippen LogP contribution in [0.15, 0.2) is 6.07 Å². The number of amides is 1. The molecule has 6 nitrogen and oxygen atoms in total. The molecule has 112 valence electrons. The van der Waals surface area contributed by atoms with Gasteiger partial charge in [-0.25, -0.2) is 4.79 Å². The molecule has 0 bridgehead atoms. The molecule has 1 aromatic heterocycles. The summed E-state index contributed by atoms with van der Waals surface area (Å²) in [7, 11) is 0. The summed E-state index contributed by atoms with van der Waals surface area (Å²) < 4.78 is 1.60. The molecule has 1 rings (SSSR count). The summed E-state index contributed by atoms with van der Waals surface area (Å²) in [6, 6.07) is 0.854. The SMILES string of the molecule is CCc1cc(C(=O)NC(CCSC)C(=O)O)n(CC)n1. The molecule has 1 aromatic rings. The number of nitrogens with one attached hydrogen (secondary N) is 1. The second kappa shape index (κ2) is 7.94. The predicted octanol–water partition coefficient (Wildman–Crippen LogP) is 1.40. The first kappa shape index (κ1) is 16.6. The van der Waals surface area contributed by atoms with E-state index in [4.69, 9.17) is 5.11 Å². The second-order valence-electron chi connectivity index (χ2n) is 4.34. The van der Waals surface area contributed by atoms with Crippen molar-refractivity contribution in [2.24, 2.45) is 0 Å². The van der Waals surface area contributed by atoms with Crippen LogP contribution in [0.3, 0.4) is 0 Å². The van der Waals surface area contributed by atoms with Crippen LogP contribution in [0.2, 0.25) is 0 Å². The predicted molar refractivity (Wildman–Crippen MR) is 79.2 cm³/mol. The standard InChI is InChI=1S/C13H21N3O3S/c1-4-9-8-11(16(5-2)15-9)12(17)14-10(13(18)19)6-7-20-3/h8,10H,4-7H2,1-3H3,(H,14,17)(H,18,19). The molecular weight excluding hydrogens is 278 g/mol. The van der Waals surface area contributed by atoms with Crippen molar-refractivity contribution in [3.63, 3.8) is 0 Å². The number of hydrogen-bond donors (Lipinski definition) is 2. The topological polar surface area (TPSA) is 84.2 Å². The average molecular weight is 299 g/mol. The molecule has 0 spiro atoms. The third-order valence-corrected chi connectivity index (χ3v) is 3.58. The highest BCUT2D eigenvalue weighted by atomic mass is 32.2. The van der Waals surface area contributed by atoms with Gasteiger partial charge in [-0.15, -0.1) is 0 Å². The number of carbonyl (C=O) groups excluding carboxylic acids is 1. The van der Waals surface area contributed by atoms with E-state index in [2.05, 4.69) is 10.4 Å². The molecule has 1 heterocycles. The Bertz CT molecular complexity index is 473. The minimum absolute atomic E-state index is 0.382. The van der Waals surface area contributed by atoms with Crippen LogP contribution in [0.5, 0.6) is 0 Å². The lowest BCUT2D eigenvalue weighted by Gasteiger charge is -2.14. The molecule has 1 atom stereocenters. The molecule has 0 radical (unpaired) electrons. The largest absolute Gasteiger partial charge is 0.480 e. The van der Waals surface area contributed by atoms with E-state index in [1.165, 1.54) is 0 Å². The minimum atomic E-state index is -1.01. The number of thioether (sulfide) groups is 1. The molecule has 1 unspecified atom stereocenters.